The van der Waals surface area contributed by atoms with Crippen molar-refractivity contribution in [3.8, 4) is 0 Å². The number of pyridine rings is 1. The molecule has 2 aromatic rings. The maximum Gasteiger partial charge on any atom is 0.321 e. The molecule has 2 saturated heterocycles. The minimum atomic E-state index is -0.283. The van der Waals surface area contributed by atoms with Crippen LogP contribution in [0.15, 0.2) is 48.8 Å². The maximum absolute atomic E-state index is 13.1. The van der Waals surface area contributed by atoms with Crippen molar-refractivity contribution in [2.24, 2.45) is 11.3 Å². The van der Waals surface area contributed by atoms with Crippen molar-refractivity contribution in [2.45, 2.75) is 19.8 Å². The van der Waals surface area contributed by atoms with E-state index in [9.17, 15) is 9.59 Å². The number of anilines is 2. The van der Waals surface area contributed by atoms with Crippen molar-refractivity contribution in [2.75, 3.05) is 36.9 Å². The van der Waals surface area contributed by atoms with Gasteiger partial charge in [-0.1, -0.05) is 12.1 Å². The van der Waals surface area contributed by atoms with Gasteiger partial charge in [0.05, 0.1) is 17.8 Å². The average Bonchev–Trinajstić information content (AvgIpc) is 3.08. The number of amides is 3. The number of likely N-dealkylation sites (tertiary alicyclic amines) is 1. The number of aryl methyl sites for hydroxylation is 1. The highest BCUT2D eigenvalue weighted by molar-refractivity contribution is 5.95. The summed E-state index contributed by atoms with van der Waals surface area (Å²) < 4.78 is 5.55. The number of nitrogens with zero attached hydrogens (tertiary/aromatic N) is 2. The zero-order valence-corrected chi connectivity index (χ0v) is 16.6. The summed E-state index contributed by atoms with van der Waals surface area (Å²) in [6.45, 7) is 4.16. The number of hydrogen-bond acceptors (Lipinski definition) is 4. The zero-order valence-electron chi connectivity index (χ0n) is 16.6. The quantitative estimate of drug-likeness (QED) is 0.837. The van der Waals surface area contributed by atoms with Crippen LogP contribution in [0, 0.1) is 18.3 Å². The molecule has 1 aromatic heterocycles. The van der Waals surface area contributed by atoms with Gasteiger partial charge in [-0.05, 0) is 49.6 Å². The number of carbonyl (C=O) groups excluding carboxylic acids is 2. The van der Waals surface area contributed by atoms with E-state index in [1.807, 2.05) is 37.3 Å². The number of ether oxygens (including phenoxy) is 1. The van der Waals surface area contributed by atoms with E-state index in [4.69, 9.17) is 4.74 Å². The minimum absolute atomic E-state index is 0.0641. The Morgan fingerprint density at radius 2 is 1.93 bits per heavy atom. The van der Waals surface area contributed by atoms with E-state index in [1.54, 1.807) is 23.4 Å². The fourth-order valence-electron chi connectivity index (χ4n) is 4.36. The Bertz CT molecular complexity index is 881. The molecule has 4 rings (SSSR count). The van der Waals surface area contributed by atoms with Gasteiger partial charge in [0.25, 0.3) is 0 Å². The van der Waals surface area contributed by atoms with Crippen LogP contribution in [0.3, 0.4) is 0 Å². The number of urea groups is 1. The van der Waals surface area contributed by atoms with E-state index in [2.05, 4.69) is 15.6 Å². The zero-order chi connectivity index (χ0) is 20.3. The second-order valence-electron chi connectivity index (χ2n) is 7.94. The van der Waals surface area contributed by atoms with Crippen molar-refractivity contribution >= 4 is 23.3 Å². The Morgan fingerprint density at radius 1 is 1.14 bits per heavy atom. The molecule has 7 heteroatoms. The molecular weight excluding hydrogens is 368 g/mol. The summed E-state index contributed by atoms with van der Waals surface area (Å²) in [4.78, 5) is 31.9. The highest BCUT2D eigenvalue weighted by Gasteiger charge is 2.51. The number of benzene rings is 1. The second-order valence-corrected chi connectivity index (χ2v) is 7.94. The van der Waals surface area contributed by atoms with E-state index < -0.39 is 0 Å². The van der Waals surface area contributed by atoms with Crippen molar-refractivity contribution in [1.29, 1.82) is 0 Å². The maximum atomic E-state index is 13.1. The van der Waals surface area contributed by atoms with Gasteiger partial charge in [-0.25, -0.2) is 4.79 Å². The third-order valence-corrected chi connectivity index (χ3v) is 5.94. The standard InChI is InChI=1S/C22H26N4O3/c1-16-4-2-5-17(12-16)25-21(28)26-14-19(22(15-26)7-10-29-11-8-22)20(27)24-18-6-3-9-23-13-18/h2-6,9,12-13,19H,7-8,10-11,14-15H2,1H3,(H,24,27)(H,25,28)/t19-/m0/s1. The van der Waals surface area contributed by atoms with Crippen LogP contribution in [-0.2, 0) is 9.53 Å². The lowest BCUT2D eigenvalue weighted by Crippen LogP contribution is -2.42. The summed E-state index contributed by atoms with van der Waals surface area (Å²) in [6.07, 6.45) is 4.84. The third kappa shape index (κ3) is 4.24. The third-order valence-electron chi connectivity index (χ3n) is 5.94. The van der Waals surface area contributed by atoms with E-state index in [0.29, 0.717) is 32.0 Å². The fraction of sp³-hybridized carbons (Fsp3) is 0.409. The Morgan fingerprint density at radius 3 is 2.66 bits per heavy atom. The van der Waals surface area contributed by atoms with Crippen LogP contribution >= 0.6 is 0 Å². The van der Waals surface area contributed by atoms with Gasteiger partial charge < -0.3 is 20.3 Å². The molecule has 152 valence electrons. The van der Waals surface area contributed by atoms with E-state index >= 15 is 0 Å². The van der Waals surface area contributed by atoms with E-state index in [1.165, 1.54) is 0 Å². The first-order valence-corrected chi connectivity index (χ1v) is 9.97. The molecule has 1 spiro atoms. The molecule has 7 nitrogen and oxygen atoms in total. The first kappa shape index (κ1) is 19.4. The number of aromatic nitrogens is 1. The molecule has 1 atom stereocenters. The molecule has 2 aliphatic heterocycles. The summed E-state index contributed by atoms with van der Waals surface area (Å²) in [5, 5.41) is 5.94. The molecule has 1 aromatic carbocycles. The smallest absolute Gasteiger partial charge is 0.321 e. The number of carbonyl (C=O) groups is 2. The monoisotopic (exact) mass is 394 g/mol. The summed E-state index contributed by atoms with van der Waals surface area (Å²) in [5.41, 5.74) is 2.26. The van der Waals surface area contributed by atoms with Gasteiger partial charge in [-0.15, -0.1) is 0 Å². The van der Waals surface area contributed by atoms with Crippen LogP contribution in [0.2, 0.25) is 0 Å². The molecule has 3 heterocycles. The lowest BCUT2D eigenvalue weighted by Gasteiger charge is -2.37. The molecular formula is C22H26N4O3. The Hall–Kier alpha value is -2.93. The van der Waals surface area contributed by atoms with Gasteiger partial charge in [0, 0.05) is 43.6 Å². The molecule has 2 fully saturated rings. The van der Waals surface area contributed by atoms with Gasteiger partial charge in [0.15, 0.2) is 0 Å². The largest absolute Gasteiger partial charge is 0.381 e. The normalized spacial score (nSPS) is 20.4. The van der Waals surface area contributed by atoms with Crippen molar-refractivity contribution in [1.82, 2.24) is 9.88 Å². The topological polar surface area (TPSA) is 83.6 Å². The molecule has 0 aliphatic carbocycles. The highest BCUT2D eigenvalue weighted by Crippen LogP contribution is 2.45. The summed E-state index contributed by atoms with van der Waals surface area (Å²) in [7, 11) is 0. The highest BCUT2D eigenvalue weighted by atomic mass is 16.5. The first-order valence-electron chi connectivity index (χ1n) is 9.97. The van der Waals surface area contributed by atoms with Crippen LogP contribution in [0.1, 0.15) is 18.4 Å². The number of nitrogens with one attached hydrogen (secondary N) is 2. The summed E-state index contributed by atoms with van der Waals surface area (Å²) in [6, 6.07) is 11.1. The van der Waals surface area contributed by atoms with Gasteiger partial charge in [0.1, 0.15) is 0 Å². The lowest BCUT2D eigenvalue weighted by atomic mass is 9.71. The van der Waals surface area contributed by atoms with E-state index in [0.717, 1.165) is 24.1 Å². The Labute approximate surface area is 170 Å². The van der Waals surface area contributed by atoms with Gasteiger partial charge in [-0.2, -0.15) is 0 Å². The van der Waals surface area contributed by atoms with Crippen LogP contribution in [0.5, 0.6) is 0 Å². The average molecular weight is 394 g/mol. The number of hydrogen-bond donors (Lipinski definition) is 2. The lowest BCUT2D eigenvalue weighted by molar-refractivity contribution is -0.124. The molecule has 0 bridgehead atoms. The summed E-state index contributed by atoms with van der Waals surface area (Å²) >= 11 is 0. The second kappa shape index (κ2) is 8.21. The van der Waals surface area contributed by atoms with Gasteiger partial charge >= 0.3 is 6.03 Å². The van der Waals surface area contributed by atoms with Crippen molar-refractivity contribution in [3.05, 3.63) is 54.4 Å². The van der Waals surface area contributed by atoms with Crippen molar-refractivity contribution < 1.29 is 14.3 Å². The first-order chi connectivity index (χ1) is 14.1. The summed E-state index contributed by atoms with van der Waals surface area (Å²) in [5.74, 6) is -0.347. The van der Waals surface area contributed by atoms with Crippen LogP contribution in [0.25, 0.3) is 0 Å². The van der Waals surface area contributed by atoms with Crippen LogP contribution in [-0.4, -0.2) is 48.1 Å². The molecule has 29 heavy (non-hydrogen) atoms. The minimum Gasteiger partial charge on any atom is -0.381 e. The van der Waals surface area contributed by atoms with Gasteiger partial charge in [-0.3, -0.25) is 9.78 Å². The predicted molar refractivity (Wildman–Crippen MR) is 111 cm³/mol. The molecule has 0 saturated carbocycles. The Kier molecular flexibility index (Phi) is 5.49. The molecule has 3 amide bonds. The van der Waals surface area contributed by atoms with Crippen molar-refractivity contribution in [3.63, 3.8) is 0 Å². The van der Waals surface area contributed by atoms with Gasteiger partial charge in [0.2, 0.25) is 5.91 Å². The van der Waals surface area contributed by atoms with Crippen LogP contribution < -0.4 is 10.6 Å². The molecule has 2 N–H and O–H groups in total. The van der Waals surface area contributed by atoms with E-state index in [-0.39, 0.29) is 23.3 Å². The predicted octanol–water partition coefficient (Wildman–Crippen LogP) is 3.29. The molecule has 2 aliphatic rings. The molecule has 0 radical (unpaired) electrons. The SMILES string of the molecule is Cc1cccc(NC(=O)N2C[C@@H](C(=O)Nc3cccnc3)C3(CCOCC3)C2)c1. The van der Waals surface area contributed by atoms with Crippen LogP contribution in [0.4, 0.5) is 16.2 Å². The fourth-order valence-corrected chi connectivity index (χ4v) is 4.36. The Balaban J connectivity index is 1.51. The number of rotatable bonds is 3. The molecule has 0 unspecified atom stereocenters.